The number of aromatic amines is 1. The van der Waals surface area contributed by atoms with Gasteiger partial charge in [-0.05, 0) is 27.8 Å². The minimum Gasteiger partial charge on any atom is -0.296 e. The van der Waals surface area contributed by atoms with E-state index < -0.39 is 0 Å². The summed E-state index contributed by atoms with van der Waals surface area (Å²) in [7, 11) is 2.03. The summed E-state index contributed by atoms with van der Waals surface area (Å²) in [6, 6.07) is 0. The van der Waals surface area contributed by atoms with Crippen molar-refractivity contribution >= 4 is 0 Å². The van der Waals surface area contributed by atoms with Gasteiger partial charge in [0.2, 0.25) is 0 Å². The molecule has 4 heteroatoms. The van der Waals surface area contributed by atoms with Gasteiger partial charge in [-0.3, -0.25) is 19.5 Å². The highest BCUT2D eigenvalue weighted by molar-refractivity contribution is 5.23. The minimum atomic E-state index is -0.0437. The van der Waals surface area contributed by atoms with E-state index >= 15 is 0 Å². The molecular weight excluding hydrogens is 178 g/mol. The Kier molecular flexibility index (Phi) is 1.86. The van der Waals surface area contributed by atoms with Crippen LogP contribution < -0.4 is 5.56 Å². The largest absolute Gasteiger partial charge is 0.296 e. The Morgan fingerprint density at radius 1 is 1.29 bits per heavy atom. The third-order valence-corrected chi connectivity index (χ3v) is 2.62. The summed E-state index contributed by atoms with van der Waals surface area (Å²) in [6.07, 6.45) is 0. The van der Waals surface area contributed by atoms with Crippen LogP contribution in [0.4, 0.5) is 0 Å². The molecule has 0 aliphatic carbocycles. The van der Waals surface area contributed by atoms with Crippen LogP contribution in [-0.2, 0) is 18.6 Å². The number of nitrogens with one attached hydrogen (secondary N) is 1. The quantitative estimate of drug-likeness (QED) is 0.667. The van der Waals surface area contributed by atoms with Gasteiger partial charge in [-0.15, -0.1) is 0 Å². The number of hydrogen-bond acceptors (Lipinski definition) is 2. The summed E-state index contributed by atoms with van der Waals surface area (Å²) in [5, 5.41) is 2.91. The zero-order chi connectivity index (χ0) is 10.5. The molecule has 0 bridgehead atoms. The standard InChI is InChI=1S/C10H17N3O/c1-10(2,3)13-8-6-12(4)5-7(8)9(14)11-13/h5-6H2,1-4H3,(H,11,14). The molecule has 0 spiro atoms. The average Bonchev–Trinajstić information content (AvgIpc) is 2.49. The van der Waals surface area contributed by atoms with Crippen LogP contribution in [0.25, 0.3) is 0 Å². The molecule has 1 aliphatic rings. The van der Waals surface area contributed by atoms with Gasteiger partial charge in [0.05, 0.1) is 16.8 Å². The number of aromatic nitrogens is 2. The first kappa shape index (κ1) is 9.52. The van der Waals surface area contributed by atoms with Gasteiger partial charge >= 0.3 is 0 Å². The minimum absolute atomic E-state index is 0.0437. The van der Waals surface area contributed by atoms with E-state index in [1.54, 1.807) is 0 Å². The molecule has 1 N–H and O–H groups in total. The van der Waals surface area contributed by atoms with Crippen LogP contribution in [0.2, 0.25) is 0 Å². The topological polar surface area (TPSA) is 41.0 Å². The van der Waals surface area contributed by atoms with Crippen molar-refractivity contribution in [3.8, 4) is 0 Å². The average molecular weight is 195 g/mol. The molecule has 0 radical (unpaired) electrons. The monoisotopic (exact) mass is 195 g/mol. The van der Waals surface area contributed by atoms with E-state index in [2.05, 4.69) is 30.8 Å². The van der Waals surface area contributed by atoms with Crippen molar-refractivity contribution in [2.45, 2.75) is 39.4 Å². The molecule has 1 aromatic rings. The highest BCUT2D eigenvalue weighted by Gasteiger charge is 2.28. The molecule has 0 saturated carbocycles. The van der Waals surface area contributed by atoms with Crippen LogP contribution in [0.3, 0.4) is 0 Å². The van der Waals surface area contributed by atoms with Gasteiger partial charge < -0.3 is 0 Å². The molecule has 1 aromatic heterocycles. The molecule has 0 unspecified atom stereocenters. The third kappa shape index (κ3) is 1.30. The molecule has 1 aliphatic heterocycles. The lowest BCUT2D eigenvalue weighted by Gasteiger charge is -2.23. The molecule has 0 atom stereocenters. The van der Waals surface area contributed by atoms with Crippen LogP contribution >= 0.6 is 0 Å². The molecule has 0 aromatic carbocycles. The van der Waals surface area contributed by atoms with Crippen molar-refractivity contribution in [2.24, 2.45) is 0 Å². The van der Waals surface area contributed by atoms with E-state index in [1.165, 1.54) is 0 Å². The van der Waals surface area contributed by atoms with E-state index in [0.717, 1.165) is 24.3 Å². The fourth-order valence-corrected chi connectivity index (χ4v) is 1.99. The molecule has 2 rings (SSSR count). The van der Waals surface area contributed by atoms with Crippen molar-refractivity contribution in [2.75, 3.05) is 7.05 Å². The van der Waals surface area contributed by atoms with Crippen molar-refractivity contribution in [3.63, 3.8) is 0 Å². The molecule has 2 heterocycles. The summed E-state index contributed by atoms with van der Waals surface area (Å²) in [5.41, 5.74) is 2.10. The predicted octanol–water partition coefficient (Wildman–Crippen LogP) is 0.877. The molecule has 0 fully saturated rings. The summed E-state index contributed by atoms with van der Waals surface area (Å²) in [6.45, 7) is 7.93. The Morgan fingerprint density at radius 2 is 1.93 bits per heavy atom. The predicted molar refractivity (Wildman–Crippen MR) is 55.2 cm³/mol. The Labute approximate surface area is 83.5 Å². The summed E-state index contributed by atoms with van der Waals surface area (Å²) in [5.74, 6) is 0. The van der Waals surface area contributed by atoms with Crippen molar-refractivity contribution in [3.05, 3.63) is 21.6 Å². The lowest BCUT2D eigenvalue weighted by Crippen LogP contribution is -2.28. The van der Waals surface area contributed by atoms with Gasteiger partial charge in [0, 0.05) is 13.1 Å². The Morgan fingerprint density at radius 3 is 2.50 bits per heavy atom. The SMILES string of the molecule is CN1Cc2c(n(C(C)(C)C)[nH]c2=O)C1. The van der Waals surface area contributed by atoms with Crippen LogP contribution in [0, 0.1) is 0 Å². The fourth-order valence-electron chi connectivity index (χ4n) is 1.99. The molecule has 0 amide bonds. The zero-order valence-corrected chi connectivity index (χ0v) is 9.22. The van der Waals surface area contributed by atoms with Gasteiger partial charge in [0.15, 0.2) is 0 Å². The maximum absolute atomic E-state index is 11.6. The second-order valence-corrected chi connectivity index (χ2v) is 5.04. The first-order valence-corrected chi connectivity index (χ1v) is 4.91. The highest BCUT2D eigenvalue weighted by atomic mass is 16.1. The Balaban J connectivity index is 2.57. The highest BCUT2D eigenvalue weighted by Crippen LogP contribution is 2.23. The molecule has 0 saturated heterocycles. The van der Waals surface area contributed by atoms with Crippen molar-refractivity contribution in [1.29, 1.82) is 0 Å². The number of rotatable bonds is 0. The first-order valence-electron chi connectivity index (χ1n) is 4.91. The van der Waals surface area contributed by atoms with E-state index in [4.69, 9.17) is 0 Å². The van der Waals surface area contributed by atoms with Gasteiger partial charge in [0.25, 0.3) is 5.56 Å². The van der Waals surface area contributed by atoms with Crippen molar-refractivity contribution in [1.82, 2.24) is 14.7 Å². The van der Waals surface area contributed by atoms with Crippen LogP contribution in [-0.4, -0.2) is 21.7 Å². The van der Waals surface area contributed by atoms with Crippen LogP contribution in [0.1, 0.15) is 32.0 Å². The number of fused-ring (bicyclic) bond motifs is 1. The fraction of sp³-hybridized carbons (Fsp3) is 0.700. The van der Waals surface area contributed by atoms with E-state index in [0.29, 0.717) is 0 Å². The van der Waals surface area contributed by atoms with Crippen molar-refractivity contribution < 1.29 is 0 Å². The van der Waals surface area contributed by atoms with Gasteiger partial charge in [-0.1, -0.05) is 0 Å². The van der Waals surface area contributed by atoms with Crippen LogP contribution in [0.5, 0.6) is 0 Å². The Hall–Kier alpha value is -1.03. The summed E-state index contributed by atoms with van der Waals surface area (Å²) >= 11 is 0. The Bertz CT molecular complexity index is 408. The lowest BCUT2D eigenvalue weighted by atomic mass is 10.1. The molecular formula is C10H17N3O. The van der Waals surface area contributed by atoms with Gasteiger partial charge in [-0.25, -0.2) is 0 Å². The van der Waals surface area contributed by atoms with Crippen LogP contribution in [0.15, 0.2) is 4.79 Å². The maximum Gasteiger partial charge on any atom is 0.268 e. The summed E-state index contributed by atoms with van der Waals surface area (Å²) in [4.78, 5) is 13.8. The van der Waals surface area contributed by atoms with Gasteiger partial charge in [-0.2, -0.15) is 0 Å². The molecule has 14 heavy (non-hydrogen) atoms. The molecule has 78 valence electrons. The van der Waals surface area contributed by atoms with E-state index in [9.17, 15) is 4.79 Å². The third-order valence-electron chi connectivity index (χ3n) is 2.62. The normalized spacial score (nSPS) is 17.4. The smallest absolute Gasteiger partial charge is 0.268 e. The number of nitrogens with zero attached hydrogens (tertiary/aromatic N) is 2. The molecule has 4 nitrogen and oxygen atoms in total. The maximum atomic E-state index is 11.6. The lowest BCUT2D eigenvalue weighted by molar-refractivity contribution is 0.303. The van der Waals surface area contributed by atoms with E-state index in [1.807, 2.05) is 11.7 Å². The number of H-pyrrole nitrogens is 1. The second kappa shape index (κ2) is 2.73. The first-order chi connectivity index (χ1) is 6.39. The van der Waals surface area contributed by atoms with E-state index in [-0.39, 0.29) is 11.1 Å². The number of hydrogen-bond donors (Lipinski definition) is 1. The second-order valence-electron chi connectivity index (χ2n) is 5.04. The van der Waals surface area contributed by atoms with Gasteiger partial charge in [0.1, 0.15) is 0 Å². The zero-order valence-electron chi connectivity index (χ0n) is 9.22. The summed E-state index contributed by atoms with van der Waals surface area (Å²) < 4.78 is 1.99.